The topological polar surface area (TPSA) is 83.8 Å². The summed E-state index contributed by atoms with van der Waals surface area (Å²) in [7, 11) is 0. The van der Waals surface area contributed by atoms with Gasteiger partial charge in [0.15, 0.2) is 0 Å². The molecular weight excluding hydrogens is 278 g/mol. The van der Waals surface area contributed by atoms with Crippen molar-refractivity contribution >= 4 is 22.6 Å². The molecule has 4 N–H and O–H groups in total. The van der Waals surface area contributed by atoms with Crippen molar-refractivity contribution in [1.29, 1.82) is 0 Å². The highest BCUT2D eigenvalue weighted by Crippen LogP contribution is 2.35. The second kappa shape index (κ2) is 4.98. The van der Waals surface area contributed by atoms with Crippen LogP contribution in [-0.2, 0) is 0 Å². The van der Waals surface area contributed by atoms with Crippen molar-refractivity contribution in [1.82, 2.24) is 9.97 Å². The first kappa shape index (κ1) is 13.8. The number of alkyl halides is 2. The van der Waals surface area contributed by atoms with Crippen LogP contribution in [0.1, 0.15) is 36.0 Å². The van der Waals surface area contributed by atoms with E-state index in [0.29, 0.717) is 24.2 Å². The van der Waals surface area contributed by atoms with E-state index in [9.17, 15) is 13.6 Å². The van der Waals surface area contributed by atoms with Crippen molar-refractivity contribution in [2.24, 2.45) is 5.73 Å². The average Bonchev–Trinajstić information content (AvgIpc) is 2.89. The van der Waals surface area contributed by atoms with Crippen LogP contribution in [0.4, 0.5) is 14.5 Å². The van der Waals surface area contributed by atoms with Gasteiger partial charge >= 0.3 is 0 Å². The Balaban J connectivity index is 1.90. The second-order valence-corrected chi connectivity index (χ2v) is 5.43. The number of fused-ring (bicyclic) bond motifs is 1. The first-order valence-corrected chi connectivity index (χ1v) is 6.86. The molecule has 1 aliphatic rings. The van der Waals surface area contributed by atoms with Gasteiger partial charge in [-0.3, -0.25) is 4.79 Å². The number of hydrogen-bond acceptors (Lipinski definition) is 3. The summed E-state index contributed by atoms with van der Waals surface area (Å²) in [5, 5.41) is 3.94. The minimum Gasteiger partial charge on any atom is -0.381 e. The number of carbonyl (C=O) groups is 1. The maximum absolute atomic E-state index is 13.2. The Morgan fingerprint density at radius 2 is 2.14 bits per heavy atom. The second-order valence-electron chi connectivity index (χ2n) is 5.43. The fourth-order valence-corrected chi connectivity index (χ4v) is 2.74. The number of anilines is 1. The molecule has 0 saturated heterocycles. The molecule has 1 fully saturated rings. The largest absolute Gasteiger partial charge is 0.381 e. The van der Waals surface area contributed by atoms with Crippen molar-refractivity contribution in [2.45, 2.75) is 37.6 Å². The molecule has 3 rings (SSSR count). The number of amides is 1. The summed E-state index contributed by atoms with van der Waals surface area (Å²) in [6.07, 6.45) is 3.55. The van der Waals surface area contributed by atoms with E-state index in [1.165, 1.54) is 6.20 Å². The Kier molecular flexibility index (Phi) is 3.27. The zero-order chi connectivity index (χ0) is 15.0. The molecule has 0 atom stereocenters. The van der Waals surface area contributed by atoms with E-state index < -0.39 is 11.8 Å². The van der Waals surface area contributed by atoms with E-state index in [2.05, 4.69) is 15.3 Å². The fourth-order valence-electron chi connectivity index (χ4n) is 2.74. The van der Waals surface area contributed by atoms with Crippen molar-refractivity contribution in [2.75, 3.05) is 5.32 Å². The molecule has 7 heteroatoms. The molecule has 0 bridgehead atoms. The zero-order valence-corrected chi connectivity index (χ0v) is 11.3. The van der Waals surface area contributed by atoms with E-state index in [1.807, 2.05) is 0 Å². The lowest BCUT2D eigenvalue weighted by Gasteiger charge is -2.30. The quantitative estimate of drug-likeness (QED) is 0.813. The number of primary amides is 1. The third-order valence-electron chi connectivity index (χ3n) is 3.92. The highest BCUT2D eigenvalue weighted by molar-refractivity contribution is 6.05. The molecule has 0 radical (unpaired) electrons. The van der Waals surface area contributed by atoms with Gasteiger partial charge in [-0.15, -0.1) is 0 Å². The lowest BCUT2D eigenvalue weighted by atomic mass is 9.92. The minimum absolute atomic E-state index is 0.0942. The number of nitrogens with zero attached hydrogens (tertiary/aromatic N) is 1. The molecule has 0 aliphatic heterocycles. The first-order valence-electron chi connectivity index (χ1n) is 6.86. The lowest BCUT2D eigenvalue weighted by molar-refractivity contribution is -0.0360. The molecular formula is C14H16F2N4O. The van der Waals surface area contributed by atoms with Crippen LogP contribution in [0, 0.1) is 0 Å². The van der Waals surface area contributed by atoms with E-state index in [1.54, 1.807) is 12.3 Å². The number of nitrogens with two attached hydrogens (primary N) is 1. The third-order valence-corrected chi connectivity index (χ3v) is 3.92. The Morgan fingerprint density at radius 1 is 1.43 bits per heavy atom. The number of halogens is 2. The Hall–Kier alpha value is -2.18. The normalized spacial score (nSPS) is 18.8. The van der Waals surface area contributed by atoms with Gasteiger partial charge < -0.3 is 16.0 Å². The van der Waals surface area contributed by atoms with Crippen LogP contribution in [0.2, 0.25) is 0 Å². The number of carbonyl (C=O) groups excluding carboxylic acids is 1. The Labute approximate surface area is 119 Å². The van der Waals surface area contributed by atoms with Crippen molar-refractivity contribution < 1.29 is 13.6 Å². The lowest BCUT2D eigenvalue weighted by Crippen LogP contribution is -2.32. The van der Waals surface area contributed by atoms with Gasteiger partial charge in [0.25, 0.3) is 5.91 Å². The van der Waals surface area contributed by atoms with E-state index >= 15 is 0 Å². The maximum Gasteiger partial charge on any atom is 0.252 e. The summed E-state index contributed by atoms with van der Waals surface area (Å²) < 4.78 is 26.4. The molecule has 2 aromatic heterocycles. The number of rotatable bonds is 3. The van der Waals surface area contributed by atoms with Crippen molar-refractivity contribution in [3.05, 3.63) is 24.0 Å². The van der Waals surface area contributed by atoms with Gasteiger partial charge in [-0.25, -0.2) is 13.8 Å². The Morgan fingerprint density at radius 3 is 2.81 bits per heavy atom. The Bertz CT molecular complexity index is 673. The zero-order valence-electron chi connectivity index (χ0n) is 11.3. The van der Waals surface area contributed by atoms with E-state index in [-0.39, 0.29) is 24.4 Å². The summed E-state index contributed by atoms with van der Waals surface area (Å²) in [5.74, 6) is -3.17. The van der Waals surface area contributed by atoms with Gasteiger partial charge in [0, 0.05) is 36.7 Å². The van der Waals surface area contributed by atoms with Crippen LogP contribution in [0.3, 0.4) is 0 Å². The first-order chi connectivity index (χ1) is 9.96. The van der Waals surface area contributed by atoms with Crippen LogP contribution in [-0.4, -0.2) is 27.8 Å². The van der Waals surface area contributed by atoms with Gasteiger partial charge in [0.1, 0.15) is 5.65 Å². The number of pyridine rings is 1. The summed E-state index contributed by atoms with van der Waals surface area (Å²) >= 11 is 0. The number of aromatic nitrogens is 2. The van der Waals surface area contributed by atoms with Crippen LogP contribution in [0.25, 0.3) is 11.0 Å². The maximum atomic E-state index is 13.2. The van der Waals surface area contributed by atoms with Gasteiger partial charge in [0.2, 0.25) is 5.92 Å². The molecule has 5 nitrogen and oxygen atoms in total. The van der Waals surface area contributed by atoms with Gasteiger partial charge in [-0.05, 0) is 18.9 Å². The smallest absolute Gasteiger partial charge is 0.252 e. The molecule has 21 heavy (non-hydrogen) atoms. The molecule has 2 aromatic rings. The standard InChI is InChI=1S/C14H16F2N4O/c15-14(16)4-1-8(2-5-14)20-11-9-3-6-18-13(9)19-7-10(11)12(17)21/h3,6-8H,1-2,4-5H2,(H2,17,21)(H2,18,19,20). The monoisotopic (exact) mass is 294 g/mol. The highest BCUT2D eigenvalue weighted by Gasteiger charge is 2.35. The van der Waals surface area contributed by atoms with Gasteiger partial charge in [0.05, 0.1) is 11.3 Å². The van der Waals surface area contributed by atoms with E-state index in [0.717, 1.165) is 5.39 Å². The predicted molar refractivity (Wildman–Crippen MR) is 75.4 cm³/mol. The number of aromatic amines is 1. The summed E-state index contributed by atoms with van der Waals surface area (Å²) in [6, 6.07) is 1.69. The predicted octanol–water partition coefficient (Wildman–Crippen LogP) is 2.65. The van der Waals surface area contributed by atoms with Crippen LogP contribution in [0.5, 0.6) is 0 Å². The number of H-pyrrole nitrogens is 1. The molecule has 1 aliphatic carbocycles. The highest BCUT2D eigenvalue weighted by atomic mass is 19.3. The summed E-state index contributed by atoms with van der Waals surface area (Å²) in [6.45, 7) is 0. The molecule has 0 unspecified atom stereocenters. The molecule has 0 aromatic carbocycles. The molecule has 0 spiro atoms. The van der Waals surface area contributed by atoms with Gasteiger partial charge in [-0.1, -0.05) is 0 Å². The average molecular weight is 294 g/mol. The van der Waals surface area contributed by atoms with Crippen LogP contribution < -0.4 is 11.1 Å². The summed E-state index contributed by atoms with van der Waals surface area (Å²) in [4.78, 5) is 18.6. The van der Waals surface area contributed by atoms with Crippen molar-refractivity contribution in [3.8, 4) is 0 Å². The molecule has 1 saturated carbocycles. The van der Waals surface area contributed by atoms with Gasteiger partial charge in [-0.2, -0.15) is 0 Å². The fraction of sp³-hybridized carbons (Fsp3) is 0.429. The summed E-state index contributed by atoms with van der Waals surface area (Å²) in [5.41, 5.74) is 6.85. The van der Waals surface area contributed by atoms with E-state index in [4.69, 9.17) is 5.73 Å². The molecule has 112 valence electrons. The van der Waals surface area contributed by atoms with Crippen molar-refractivity contribution in [3.63, 3.8) is 0 Å². The number of hydrogen-bond donors (Lipinski definition) is 3. The van der Waals surface area contributed by atoms with Crippen LogP contribution in [0.15, 0.2) is 18.5 Å². The molecule has 2 heterocycles. The third kappa shape index (κ3) is 2.68. The minimum atomic E-state index is -2.58. The number of nitrogens with one attached hydrogen (secondary N) is 2. The molecule has 1 amide bonds. The van der Waals surface area contributed by atoms with Crippen LogP contribution >= 0.6 is 0 Å². The SMILES string of the molecule is NC(=O)c1cnc2[nH]ccc2c1NC1CCC(F)(F)CC1.